The summed E-state index contributed by atoms with van der Waals surface area (Å²) in [6, 6.07) is 0.512. The predicted molar refractivity (Wildman–Crippen MR) is 63.9 cm³/mol. The SMILES string of the molecule is CC(C)NCc1cn(C)nc1C(C)(C)C. The van der Waals surface area contributed by atoms with Gasteiger partial charge in [-0.25, -0.2) is 0 Å². The minimum Gasteiger partial charge on any atom is -0.310 e. The van der Waals surface area contributed by atoms with Crippen molar-refractivity contribution < 1.29 is 0 Å². The van der Waals surface area contributed by atoms with Crippen LogP contribution in [0.2, 0.25) is 0 Å². The van der Waals surface area contributed by atoms with Gasteiger partial charge in [-0.05, 0) is 0 Å². The molecule has 0 aliphatic heterocycles. The Morgan fingerprint density at radius 1 is 1.40 bits per heavy atom. The van der Waals surface area contributed by atoms with Crippen LogP contribution < -0.4 is 5.32 Å². The second-order valence-electron chi connectivity index (χ2n) is 5.46. The molecule has 0 spiro atoms. The highest BCUT2D eigenvalue weighted by atomic mass is 15.3. The number of hydrogen-bond donors (Lipinski definition) is 1. The molecule has 15 heavy (non-hydrogen) atoms. The molecule has 1 heterocycles. The first-order valence-electron chi connectivity index (χ1n) is 5.57. The Bertz CT molecular complexity index is 318. The first-order valence-corrected chi connectivity index (χ1v) is 5.57. The molecule has 1 aromatic rings. The molecule has 0 saturated carbocycles. The van der Waals surface area contributed by atoms with Gasteiger partial charge in [0.25, 0.3) is 0 Å². The first-order chi connectivity index (χ1) is 6.80. The molecule has 0 aromatic carbocycles. The van der Waals surface area contributed by atoms with Crippen molar-refractivity contribution in [3.05, 3.63) is 17.5 Å². The second-order valence-corrected chi connectivity index (χ2v) is 5.46. The van der Waals surface area contributed by atoms with Crippen LogP contribution in [0.4, 0.5) is 0 Å². The number of aromatic nitrogens is 2. The summed E-state index contributed by atoms with van der Waals surface area (Å²) in [4.78, 5) is 0. The Balaban J connectivity index is 2.87. The fourth-order valence-electron chi connectivity index (χ4n) is 1.61. The zero-order chi connectivity index (χ0) is 11.6. The van der Waals surface area contributed by atoms with E-state index in [-0.39, 0.29) is 5.41 Å². The van der Waals surface area contributed by atoms with E-state index < -0.39 is 0 Å². The van der Waals surface area contributed by atoms with Gasteiger partial charge in [0.2, 0.25) is 0 Å². The van der Waals surface area contributed by atoms with Crippen LogP contribution in [0.15, 0.2) is 6.20 Å². The van der Waals surface area contributed by atoms with Gasteiger partial charge in [-0.15, -0.1) is 0 Å². The number of nitrogens with one attached hydrogen (secondary N) is 1. The largest absolute Gasteiger partial charge is 0.310 e. The molecule has 3 nitrogen and oxygen atoms in total. The third-order valence-electron chi connectivity index (χ3n) is 2.32. The van der Waals surface area contributed by atoms with Gasteiger partial charge in [0.15, 0.2) is 0 Å². The minimum absolute atomic E-state index is 0.120. The molecule has 3 heteroatoms. The van der Waals surface area contributed by atoms with Crippen LogP contribution in [0.1, 0.15) is 45.9 Å². The Hall–Kier alpha value is -0.830. The highest BCUT2D eigenvalue weighted by molar-refractivity contribution is 5.23. The summed E-state index contributed by atoms with van der Waals surface area (Å²) in [7, 11) is 1.98. The van der Waals surface area contributed by atoms with Crippen LogP contribution >= 0.6 is 0 Å². The van der Waals surface area contributed by atoms with Gasteiger partial charge in [-0.1, -0.05) is 34.6 Å². The van der Waals surface area contributed by atoms with E-state index in [1.165, 1.54) is 11.3 Å². The van der Waals surface area contributed by atoms with E-state index in [9.17, 15) is 0 Å². The summed E-state index contributed by atoms with van der Waals surface area (Å²) < 4.78 is 1.90. The van der Waals surface area contributed by atoms with Gasteiger partial charge in [-0.3, -0.25) is 4.68 Å². The van der Waals surface area contributed by atoms with E-state index >= 15 is 0 Å². The van der Waals surface area contributed by atoms with E-state index in [4.69, 9.17) is 0 Å². The Morgan fingerprint density at radius 3 is 2.47 bits per heavy atom. The van der Waals surface area contributed by atoms with Crippen LogP contribution in [0.25, 0.3) is 0 Å². The van der Waals surface area contributed by atoms with E-state index in [2.05, 4.69) is 51.2 Å². The number of aryl methyl sites for hydroxylation is 1. The van der Waals surface area contributed by atoms with E-state index in [0.717, 1.165) is 6.54 Å². The van der Waals surface area contributed by atoms with Crippen LogP contribution in [-0.2, 0) is 19.0 Å². The number of nitrogens with zero attached hydrogens (tertiary/aromatic N) is 2. The van der Waals surface area contributed by atoms with Crippen molar-refractivity contribution in [1.29, 1.82) is 0 Å². The van der Waals surface area contributed by atoms with Gasteiger partial charge in [0.05, 0.1) is 5.69 Å². The maximum absolute atomic E-state index is 4.54. The topological polar surface area (TPSA) is 29.9 Å². The van der Waals surface area contributed by atoms with Gasteiger partial charge in [0, 0.05) is 36.8 Å². The van der Waals surface area contributed by atoms with Gasteiger partial charge >= 0.3 is 0 Å². The third-order valence-corrected chi connectivity index (χ3v) is 2.32. The lowest BCUT2D eigenvalue weighted by Crippen LogP contribution is -2.24. The van der Waals surface area contributed by atoms with Crippen molar-refractivity contribution in [2.24, 2.45) is 7.05 Å². The third kappa shape index (κ3) is 3.34. The number of hydrogen-bond acceptors (Lipinski definition) is 2. The molecule has 0 unspecified atom stereocenters. The Kier molecular flexibility index (Phi) is 3.55. The molecular formula is C12H23N3. The van der Waals surface area contributed by atoms with E-state index in [1.54, 1.807) is 0 Å². The molecule has 86 valence electrons. The summed E-state index contributed by atoms with van der Waals surface area (Å²) >= 11 is 0. The van der Waals surface area contributed by atoms with Gasteiger partial charge < -0.3 is 5.32 Å². The predicted octanol–water partition coefficient (Wildman–Crippen LogP) is 2.22. The van der Waals surface area contributed by atoms with Gasteiger partial charge in [-0.2, -0.15) is 5.10 Å². The lowest BCUT2D eigenvalue weighted by Gasteiger charge is -2.18. The van der Waals surface area contributed by atoms with Crippen molar-refractivity contribution in [2.45, 2.75) is 52.6 Å². The van der Waals surface area contributed by atoms with E-state index in [0.29, 0.717) is 6.04 Å². The Morgan fingerprint density at radius 2 is 2.00 bits per heavy atom. The lowest BCUT2D eigenvalue weighted by molar-refractivity contribution is 0.535. The highest BCUT2D eigenvalue weighted by Gasteiger charge is 2.21. The van der Waals surface area contributed by atoms with Crippen LogP contribution in [0, 0.1) is 0 Å². The maximum atomic E-state index is 4.54. The minimum atomic E-state index is 0.120. The average Bonchev–Trinajstić information content (AvgIpc) is 2.42. The molecular weight excluding hydrogens is 186 g/mol. The second kappa shape index (κ2) is 4.35. The molecule has 1 rings (SSSR count). The van der Waals surface area contributed by atoms with Crippen molar-refractivity contribution in [3.8, 4) is 0 Å². The summed E-state index contributed by atoms with van der Waals surface area (Å²) in [5.74, 6) is 0. The quantitative estimate of drug-likeness (QED) is 0.827. The molecule has 0 aliphatic rings. The first kappa shape index (κ1) is 12.2. The van der Waals surface area contributed by atoms with Crippen LogP contribution in [0.3, 0.4) is 0 Å². The fraction of sp³-hybridized carbons (Fsp3) is 0.750. The zero-order valence-electron chi connectivity index (χ0n) is 10.8. The molecule has 0 fully saturated rings. The standard InChI is InChI=1S/C12H23N3/c1-9(2)13-7-10-8-15(6)14-11(10)12(3,4)5/h8-9,13H,7H2,1-6H3. The van der Waals surface area contributed by atoms with Crippen molar-refractivity contribution >= 4 is 0 Å². The summed E-state index contributed by atoms with van der Waals surface area (Å²) in [6.07, 6.45) is 2.11. The molecule has 0 aliphatic carbocycles. The lowest BCUT2D eigenvalue weighted by atomic mass is 9.89. The molecule has 0 saturated heterocycles. The van der Waals surface area contributed by atoms with Gasteiger partial charge in [0.1, 0.15) is 0 Å². The molecule has 1 aromatic heterocycles. The maximum Gasteiger partial charge on any atom is 0.0722 e. The van der Waals surface area contributed by atoms with Crippen molar-refractivity contribution in [2.75, 3.05) is 0 Å². The monoisotopic (exact) mass is 209 g/mol. The van der Waals surface area contributed by atoms with Crippen LogP contribution in [0.5, 0.6) is 0 Å². The smallest absolute Gasteiger partial charge is 0.0722 e. The summed E-state index contributed by atoms with van der Waals surface area (Å²) in [5, 5.41) is 7.97. The van der Waals surface area contributed by atoms with Crippen molar-refractivity contribution in [3.63, 3.8) is 0 Å². The summed E-state index contributed by atoms with van der Waals surface area (Å²) in [6.45, 7) is 11.8. The zero-order valence-corrected chi connectivity index (χ0v) is 10.8. The molecule has 1 N–H and O–H groups in total. The molecule has 0 atom stereocenters. The number of rotatable bonds is 3. The van der Waals surface area contributed by atoms with E-state index in [1.807, 2.05) is 11.7 Å². The van der Waals surface area contributed by atoms with Crippen molar-refractivity contribution in [1.82, 2.24) is 15.1 Å². The molecule has 0 bridgehead atoms. The molecule has 0 amide bonds. The highest BCUT2D eigenvalue weighted by Crippen LogP contribution is 2.23. The summed E-state index contributed by atoms with van der Waals surface area (Å²) in [5.41, 5.74) is 2.62. The fourth-order valence-corrected chi connectivity index (χ4v) is 1.61. The van der Waals surface area contributed by atoms with Crippen LogP contribution in [-0.4, -0.2) is 15.8 Å². The Labute approximate surface area is 92.9 Å². The molecule has 0 radical (unpaired) electrons. The average molecular weight is 209 g/mol. The normalized spacial score (nSPS) is 12.5.